The molecule has 0 amide bonds. The summed E-state index contributed by atoms with van der Waals surface area (Å²) >= 11 is 0. The third-order valence-corrected chi connectivity index (χ3v) is 6.30. The van der Waals surface area contributed by atoms with Crippen LogP contribution < -0.4 is 9.80 Å². The second-order valence-electron chi connectivity index (χ2n) is 7.70. The van der Waals surface area contributed by atoms with E-state index >= 15 is 0 Å². The van der Waals surface area contributed by atoms with Gasteiger partial charge in [-0.3, -0.25) is 0 Å². The van der Waals surface area contributed by atoms with E-state index in [2.05, 4.69) is 110 Å². The van der Waals surface area contributed by atoms with Gasteiger partial charge in [0.15, 0.2) is 0 Å². The summed E-state index contributed by atoms with van der Waals surface area (Å²) in [6.45, 7) is 13.0. The van der Waals surface area contributed by atoms with Crippen molar-refractivity contribution in [1.29, 1.82) is 0 Å². The summed E-state index contributed by atoms with van der Waals surface area (Å²) in [6, 6.07) is 26.9. The molecule has 0 N–H and O–H groups in total. The molecule has 0 atom stereocenters. The Morgan fingerprint density at radius 3 is 1.10 bits per heavy atom. The molecular formula is C28H32N2. The number of fused-ring (bicyclic) bond motifs is 2. The molecule has 2 nitrogen and oxygen atoms in total. The van der Waals surface area contributed by atoms with Crippen LogP contribution in [0.5, 0.6) is 0 Å². The zero-order chi connectivity index (χ0) is 21.1. The molecule has 0 fully saturated rings. The van der Waals surface area contributed by atoms with Crippen LogP contribution in [0.25, 0.3) is 32.7 Å². The summed E-state index contributed by atoms with van der Waals surface area (Å²) in [7, 11) is 0. The van der Waals surface area contributed by atoms with Gasteiger partial charge in [0.2, 0.25) is 0 Å². The summed E-state index contributed by atoms with van der Waals surface area (Å²) in [6.07, 6.45) is 0. The minimum absolute atomic E-state index is 1.02. The summed E-state index contributed by atoms with van der Waals surface area (Å²) < 4.78 is 0. The topological polar surface area (TPSA) is 6.48 Å². The summed E-state index contributed by atoms with van der Waals surface area (Å²) in [4.78, 5) is 4.88. The standard InChI is InChI=1S/C28H32N2/c1-5-29(6-2)27-19-17-23(21-13-9-11-15-25(21)27)24-18-20-28(30(7-3)8-4)26-16-12-10-14-22(24)26/h9-20H,5-8H2,1-4H3. The molecule has 0 spiro atoms. The van der Waals surface area contributed by atoms with E-state index in [-0.39, 0.29) is 0 Å². The highest BCUT2D eigenvalue weighted by molar-refractivity contribution is 6.11. The van der Waals surface area contributed by atoms with Crippen LogP contribution in [0.3, 0.4) is 0 Å². The van der Waals surface area contributed by atoms with Gasteiger partial charge in [0, 0.05) is 48.3 Å². The fourth-order valence-corrected chi connectivity index (χ4v) is 4.72. The van der Waals surface area contributed by atoms with Gasteiger partial charge < -0.3 is 9.80 Å². The normalized spacial score (nSPS) is 11.2. The van der Waals surface area contributed by atoms with E-state index in [4.69, 9.17) is 0 Å². The van der Waals surface area contributed by atoms with Crippen LogP contribution in [-0.2, 0) is 0 Å². The lowest BCUT2D eigenvalue weighted by Gasteiger charge is -2.25. The molecule has 0 unspecified atom stereocenters. The van der Waals surface area contributed by atoms with E-state index in [0.717, 1.165) is 26.2 Å². The molecule has 30 heavy (non-hydrogen) atoms. The van der Waals surface area contributed by atoms with Gasteiger partial charge >= 0.3 is 0 Å². The first-order valence-electron chi connectivity index (χ1n) is 11.3. The zero-order valence-electron chi connectivity index (χ0n) is 18.7. The molecule has 4 aromatic rings. The van der Waals surface area contributed by atoms with Crippen LogP contribution >= 0.6 is 0 Å². The predicted molar refractivity (Wildman–Crippen MR) is 134 cm³/mol. The first-order chi connectivity index (χ1) is 14.7. The van der Waals surface area contributed by atoms with Gasteiger partial charge in [0.1, 0.15) is 0 Å². The van der Waals surface area contributed by atoms with Gasteiger partial charge in [-0.15, -0.1) is 0 Å². The molecule has 154 valence electrons. The van der Waals surface area contributed by atoms with Crippen molar-refractivity contribution >= 4 is 32.9 Å². The van der Waals surface area contributed by atoms with Crippen LogP contribution in [0, 0.1) is 0 Å². The lowest BCUT2D eigenvalue weighted by atomic mass is 9.92. The Bertz CT molecular complexity index is 1060. The van der Waals surface area contributed by atoms with E-state index in [0.29, 0.717) is 0 Å². The molecule has 2 heteroatoms. The van der Waals surface area contributed by atoms with E-state index < -0.39 is 0 Å². The summed E-state index contributed by atoms with van der Waals surface area (Å²) in [5, 5.41) is 5.30. The molecule has 0 aromatic heterocycles. The Hall–Kier alpha value is -3.00. The highest BCUT2D eigenvalue weighted by Gasteiger charge is 2.15. The molecule has 0 saturated carbocycles. The lowest BCUT2D eigenvalue weighted by Crippen LogP contribution is -2.22. The van der Waals surface area contributed by atoms with Crippen LogP contribution in [0.1, 0.15) is 27.7 Å². The minimum Gasteiger partial charge on any atom is -0.372 e. The number of benzene rings is 4. The Morgan fingerprint density at radius 1 is 0.433 bits per heavy atom. The highest BCUT2D eigenvalue weighted by atomic mass is 15.1. The van der Waals surface area contributed by atoms with Crippen molar-refractivity contribution < 1.29 is 0 Å². The van der Waals surface area contributed by atoms with Crippen LogP contribution in [0.15, 0.2) is 72.8 Å². The molecule has 0 aliphatic heterocycles. The maximum Gasteiger partial charge on any atom is 0.0446 e. The largest absolute Gasteiger partial charge is 0.372 e. The van der Waals surface area contributed by atoms with E-state index in [1.165, 1.54) is 44.0 Å². The van der Waals surface area contributed by atoms with E-state index in [1.807, 2.05) is 0 Å². The van der Waals surface area contributed by atoms with Gasteiger partial charge in [-0.25, -0.2) is 0 Å². The Kier molecular flexibility index (Phi) is 5.94. The van der Waals surface area contributed by atoms with Crippen molar-refractivity contribution in [2.75, 3.05) is 36.0 Å². The second kappa shape index (κ2) is 8.79. The average molecular weight is 397 g/mol. The molecule has 0 heterocycles. The van der Waals surface area contributed by atoms with E-state index in [9.17, 15) is 0 Å². The monoisotopic (exact) mass is 396 g/mol. The van der Waals surface area contributed by atoms with Crippen LogP contribution in [0.2, 0.25) is 0 Å². The molecule has 0 aliphatic rings. The van der Waals surface area contributed by atoms with Crippen LogP contribution in [0.4, 0.5) is 11.4 Å². The third-order valence-electron chi connectivity index (χ3n) is 6.30. The first-order valence-corrected chi connectivity index (χ1v) is 11.3. The van der Waals surface area contributed by atoms with Crippen molar-refractivity contribution in [2.24, 2.45) is 0 Å². The molecule has 4 rings (SSSR count). The molecule has 4 aromatic carbocycles. The smallest absolute Gasteiger partial charge is 0.0446 e. The van der Waals surface area contributed by atoms with Crippen molar-refractivity contribution in [2.45, 2.75) is 27.7 Å². The minimum atomic E-state index is 1.02. The first kappa shape index (κ1) is 20.3. The van der Waals surface area contributed by atoms with Crippen molar-refractivity contribution in [3.8, 4) is 11.1 Å². The average Bonchev–Trinajstić information content (AvgIpc) is 2.81. The maximum atomic E-state index is 2.44. The molecule has 0 saturated heterocycles. The molecule has 0 aliphatic carbocycles. The Balaban J connectivity index is 1.98. The molecule has 0 bridgehead atoms. The Morgan fingerprint density at radius 2 is 0.767 bits per heavy atom. The van der Waals surface area contributed by atoms with Gasteiger partial charge in [-0.1, -0.05) is 60.7 Å². The van der Waals surface area contributed by atoms with Crippen molar-refractivity contribution in [3.05, 3.63) is 72.8 Å². The number of hydrogen-bond donors (Lipinski definition) is 0. The maximum absolute atomic E-state index is 2.44. The third kappa shape index (κ3) is 3.41. The highest BCUT2D eigenvalue weighted by Crippen LogP contribution is 2.40. The number of rotatable bonds is 7. The number of anilines is 2. The van der Waals surface area contributed by atoms with Crippen LogP contribution in [-0.4, -0.2) is 26.2 Å². The zero-order valence-corrected chi connectivity index (χ0v) is 18.7. The Labute approximate surface area is 180 Å². The van der Waals surface area contributed by atoms with Gasteiger partial charge in [-0.05, 0) is 61.7 Å². The number of hydrogen-bond acceptors (Lipinski definition) is 2. The van der Waals surface area contributed by atoms with Gasteiger partial charge in [0.25, 0.3) is 0 Å². The fraction of sp³-hybridized carbons (Fsp3) is 0.286. The summed E-state index contributed by atoms with van der Waals surface area (Å²) in [5.41, 5.74) is 5.26. The van der Waals surface area contributed by atoms with Gasteiger partial charge in [0.05, 0.1) is 0 Å². The predicted octanol–water partition coefficient (Wildman–Crippen LogP) is 7.35. The quantitative estimate of drug-likeness (QED) is 0.322. The molecule has 0 radical (unpaired) electrons. The lowest BCUT2D eigenvalue weighted by molar-refractivity contribution is 0.870. The van der Waals surface area contributed by atoms with Gasteiger partial charge in [-0.2, -0.15) is 0 Å². The van der Waals surface area contributed by atoms with Crippen molar-refractivity contribution in [3.63, 3.8) is 0 Å². The van der Waals surface area contributed by atoms with Crippen molar-refractivity contribution in [1.82, 2.24) is 0 Å². The second-order valence-corrected chi connectivity index (χ2v) is 7.70. The summed E-state index contributed by atoms with van der Waals surface area (Å²) in [5.74, 6) is 0. The molecular weight excluding hydrogens is 364 g/mol. The number of nitrogens with zero attached hydrogens (tertiary/aromatic N) is 2. The SMILES string of the molecule is CCN(CC)c1ccc(-c2ccc(N(CC)CC)c3ccccc23)c2ccccc12. The fourth-order valence-electron chi connectivity index (χ4n) is 4.72. The van der Waals surface area contributed by atoms with E-state index in [1.54, 1.807) is 0 Å².